The van der Waals surface area contributed by atoms with Gasteiger partial charge < -0.3 is 15.4 Å². The number of methoxy groups -OCH3 is 1. The number of benzene rings is 2. The van der Waals surface area contributed by atoms with Crippen molar-refractivity contribution in [2.75, 3.05) is 13.7 Å². The van der Waals surface area contributed by atoms with Gasteiger partial charge in [-0.3, -0.25) is 14.5 Å². The summed E-state index contributed by atoms with van der Waals surface area (Å²) >= 11 is 0. The third kappa shape index (κ3) is 4.20. The molecule has 3 heterocycles. The average Bonchev–Trinajstić information content (AvgIpc) is 3.14. The molecule has 3 saturated heterocycles. The zero-order chi connectivity index (χ0) is 24.7. The van der Waals surface area contributed by atoms with E-state index in [0.717, 1.165) is 24.1 Å². The van der Waals surface area contributed by atoms with Crippen molar-refractivity contribution in [1.82, 2.24) is 15.5 Å². The Kier molecular flexibility index (Phi) is 6.30. The van der Waals surface area contributed by atoms with Crippen molar-refractivity contribution in [3.63, 3.8) is 0 Å². The van der Waals surface area contributed by atoms with Gasteiger partial charge in [-0.15, -0.1) is 0 Å². The monoisotopic (exact) mass is 479 g/mol. The Morgan fingerprint density at radius 1 is 1.23 bits per heavy atom. The minimum Gasteiger partial charge on any atom is -0.494 e. The second-order valence-corrected chi connectivity index (χ2v) is 10.7. The number of hydrogen-bond acceptors (Lipinski definition) is 4. The topological polar surface area (TPSA) is 70.7 Å². The Bertz CT molecular complexity index is 1110. The van der Waals surface area contributed by atoms with Crippen LogP contribution in [0.15, 0.2) is 48.5 Å². The number of nitrogens with one attached hydrogen (secondary N) is 2. The van der Waals surface area contributed by atoms with E-state index in [1.165, 1.54) is 13.2 Å². The highest BCUT2D eigenvalue weighted by molar-refractivity contribution is 5.96. The van der Waals surface area contributed by atoms with Gasteiger partial charge in [0.25, 0.3) is 0 Å². The summed E-state index contributed by atoms with van der Waals surface area (Å²) in [5.74, 6) is 0.0574. The largest absolute Gasteiger partial charge is 0.494 e. The lowest BCUT2D eigenvalue weighted by Gasteiger charge is -2.55. The maximum absolute atomic E-state index is 14.4. The van der Waals surface area contributed by atoms with Crippen molar-refractivity contribution < 1.29 is 18.7 Å². The minimum atomic E-state index is -0.917. The molecule has 5 atom stereocenters. The van der Waals surface area contributed by atoms with Crippen LogP contribution in [0.1, 0.15) is 37.8 Å². The molecule has 2 aromatic carbocycles. The van der Waals surface area contributed by atoms with Crippen molar-refractivity contribution in [1.29, 1.82) is 0 Å². The van der Waals surface area contributed by atoms with Crippen LogP contribution in [-0.4, -0.2) is 41.9 Å². The van der Waals surface area contributed by atoms with E-state index in [1.54, 1.807) is 6.07 Å². The first-order chi connectivity index (χ1) is 16.8. The maximum atomic E-state index is 14.4. The summed E-state index contributed by atoms with van der Waals surface area (Å²) in [6, 6.07) is 14.8. The Morgan fingerprint density at radius 3 is 2.69 bits per heavy atom. The summed E-state index contributed by atoms with van der Waals surface area (Å²) in [6.07, 6.45) is 1.48. The van der Waals surface area contributed by atoms with Crippen molar-refractivity contribution in [3.8, 4) is 5.75 Å². The third-order valence-corrected chi connectivity index (χ3v) is 8.07. The van der Waals surface area contributed by atoms with Crippen LogP contribution in [0.25, 0.3) is 0 Å². The molecule has 1 saturated carbocycles. The number of halogens is 1. The first-order valence-corrected chi connectivity index (χ1v) is 12.5. The normalized spacial score (nSPS) is 29.3. The number of likely N-dealkylation sites (tertiary alicyclic amines) is 1. The summed E-state index contributed by atoms with van der Waals surface area (Å²) in [4.78, 5) is 29.4. The minimum absolute atomic E-state index is 0.0113. The molecule has 1 aliphatic carbocycles. The molecular weight excluding hydrogens is 445 g/mol. The summed E-state index contributed by atoms with van der Waals surface area (Å²) in [5, 5.41) is 6.30. The summed E-state index contributed by atoms with van der Waals surface area (Å²) < 4.78 is 19.4. The molecule has 4 aliphatic rings. The molecule has 5 unspecified atom stereocenters. The SMILES string of the molecule is COc1ccc(CN2CC3CC4(C(=O)NCc5ccccc5)NC(=O)C3C2C4CC(C)C)cc1F. The molecule has 0 aromatic heterocycles. The Morgan fingerprint density at radius 2 is 2.00 bits per heavy atom. The smallest absolute Gasteiger partial charge is 0.246 e. The van der Waals surface area contributed by atoms with Crippen LogP contribution in [0.4, 0.5) is 4.39 Å². The summed E-state index contributed by atoms with van der Waals surface area (Å²) in [7, 11) is 1.45. The van der Waals surface area contributed by atoms with Crippen LogP contribution in [0.2, 0.25) is 0 Å². The van der Waals surface area contributed by atoms with E-state index >= 15 is 0 Å². The van der Waals surface area contributed by atoms with Crippen molar-refractivity contribution in [2.45, 2.75) is 51.4 Å². The predicted octanol–water partition coefficient (Wildman–Crippen LogP) is 3.50. The lowest BCUT2D eigenvalue weighted by molar-refractivity contribution is -0.155. The van der Waals surface area contributed by atoms with Crippen LogP contribution in [-0.2, 0) is 22.7 Å². The predicted molar refractivity (Wildman–Crippen MR) is 131 cm³/mol. The number of piperidine rings is 2. The molecule has 2 N–H and O–H groups in total. The summed E-state index contributed by atoms with van der Waals surface area (Å²) in [6.45, 7) is 6.03. The lowest BCUT2D eigenvalue weighted by atomic mass is 9.57. The van der Waals surface area contributed by atoms with E-state index in [1.807, 2.05) is 36.4 Å². The molecule has 0 spiro atoms. The zero-order valence-corrected chi connectivity index (χ0v) is 20.6. The van der Waals surface area contributed by atoms with E-state index < -0.39 is 5.54 Å². The van der Waals surface area contributed by atoms with E-state index in [2.05, 4.69) is 29.4 Å². The number of fused-ring (bicyclic) bond motifs is 1. The highest BCUT2D eigenvalue weighted by Gasteiger charge is 2.67. The molecule has 2 amide bonds. The van der Waals surface area contributed by atoms with Gasteiger partial charge in [0.1, 0.15) is 5.54 Å². The number of hydrogen-bond donors (Lipinski definition) is 2. The van der Waals surface area contributed by atoms with E-state index in [9.17, 15) is 14.0 Å². The standard InChI is InChI=1S/C28H34FN3O3/c1-17(2)11-21-25-24-20(16-32(25)15-19-9-10-23(35-3)22(29)12-19)13-28(21,31-26(24)33)27(34)30-14-18-7-5-4-6-8-18/h4-10,12,17,20-21,24-25H,11,13-16H2,1-3H3,(H,30,34)(H,31,33). The van der Waals surface area contributed by atoms with Crippen LogP contribution >= 0.6 is 0 Å². The van der Waals surface area contributed by atoms with Gasteiger partial charge in [0.05, 0.1) is 13.0 Å². The number of carbonyl (C=O) groups is 2. The van der Waals surface area contributed by atoms with Gasteiger partial charge >= 0.3 is 0 Å². The molecule has 35 heavy (non-hydrogen) atoms. The number of ether oxygens (including phenoxy) is 1. The van der Waals surface area contributed by atoms with E-state index in [0.29, 0.717) is 25.4 Å². The van der Waals surface area contributed by atoms with Gasteiger partial charge in [0, 0.05) is 31.6 Å². The molecular formula is C28H34FN3O3. The Labute approximate surface area is 206 Å². The Balaban J connectivity index is 1.43. The quantitative estimate of drug-likeness (QED) is 0.608. The number of amides is 2. The average molecular weight is 480 g/mol. The zero-order valence-electron chi connectivity index (χ0n) is 20.6. The molecule has 4 fully saturated rings. The van der Waals surface area contributed by atoms with Gasteiger partial charge in [0.2, 0.25) is 11.8 Å². The fourth-order valence-electron chi connectivity index (χ4n) is 6.73. The van der Waals surface area contributed by atoms with Gasteiger partial charge in [0.15, 0.2) is 11.6 Å². The maximum Gasteiger partial charge on any atom is 0.246 e. The highest BCUT2D eigenvalue weighted by atomic mass is 19.1. The second-order valence-electron chi connectivity index (χ2n) is 10.7. The van der Waals surface area contributed by atoms with Crippen LogP contribution in [0.3, 0.4) is 0 Å². The molecule has 0 radical (unpaired) electrons. The number of carbonyl (C=O) groups excluding carboxylic acids is 2. The Hall–Kier alpha value is -2.93. The molecule has 4 bridgehead atoms. The first kappa shape index (κ1) is 23.8. The van der Waals surface area contributed by atoms with Gasteiger partial charge in [-0.25, -0.2) is 4.39 Å². The number of rotatable bonds is 8. The van der Waals surface area contributed by atoms with Crippen LogP contribution < -0.4 is 15.4 Å². The molecule has 6 rings (SSSR count). The fraction of sp³-hybridized carbons (Fsp3) is 0.500. The lowest BCUT2D eigenvalue weighted by Crippen LogP contribution is -2.75. The summed E-state index contributed by atoms with van der Waals surface area (Å²) in [5.41, 5.74) is 0.956. The first-order valence-electron chi connectivity index (χ1n) is 12.5. The van der Waals surface area contributed by atoms with Gasteiger partial charge in [-0.05, 0) is 47.9 Å². The highest BCUT2D eigenvalue weighted by Crippen LogP contribution is 2.54. The molecule has 2 aromatic rings. The van der Waals surface area contributed by atoms with Crippen LogP contribution in [0, 0.1) is 29.5 Å². The van der Waals surface area contributed by atoms with Crippen molar-refractivity contribution in [3.05, 3.63) is 65.5 Å². The van der Waals surface area contributed by atoms with E-state index in [-0.39, 0.29) is 47.2 Å². The van der Waals surface area contributed by atoms with Crippen LogP contribution in [0.5, 0.6) is 5.75 Å². The van der Waals surface area contributed by atoms with Crippen molar-refractivity contribution in [2.24, 2.45) is 23.7 Å². The molecule has 186 valence electrons. The third-order valence-electron chi connectivity index (χ3n) is 8.07. The van der Waals surface area contributed by atoms with E-state index in [4.69, 9.17) is 4.74 Å². The fourth-order valence-corrected chi connectivity index (χ4v) is 6.73. The van der Waals surface area contributed by atoms with Crippen molar-refractivity contribution >= 4 is 11.8 Å². The number of nitrogens with zero attached hydrogens (tertiary/aromatic N) is 1. The second kappa shape index (κ2) is 9.26. The molecule has 6 nitrogen and oxygen atoms in total. The molecule has 7 heteroatoms. The van der Waals surface area contributed by atoms with Gasteiger partial charge in [-0.2, -0.15) is 0 Å². The molecule has 3 aliphatic heterocycles. The van der Waals surface area contributed by atoms with Gasteiger partial charge in [-0.1, -0.05) is 50.2 Å².